The third kappa shape index (κ3) is 3.37. The molecule has 0 bridgehead atoms. The number of carbonyl (C=O) groups excluding carboxylic acids is 1. The monoisotopic (exact) mass is 417 g/mol. The van der Waals surface area contributed by atoms with Gasteiger partial charge in [-0.05, 0) is 60.9 Å². The van der Waals surface area contributed by atoms with Crippen LogP contribution in [0.5, 0.6) is 11.5 Å². The lowest BCUT2D eigenvalue weighted by atomic mass is 10.1. The van der Waals surface area contributed by atoms with Crippen molar-refractivity contribution in [1.29, 1.82) is 0 Å². The molecule has 0 N–H and O–H groups in total. The molecule has 3 heterocycles. The minimum Gasteiger partial charge on any atom is -0.454 e. The van der Waals surface area contributed by atoms with Crippen molar-refractivity contribution in [2.45, 2.75) is 20.4 Å². The summed E-state index contributed by atoms with van der Waals surface area (Å²) >= 11 is 1.52. The molecule has 30 heavy (non-hydrogen) atoms. The van der Waals surface area contributed by atoms with Gasteiger partial charge in [0.2, 0.25) is 6.79 Å². The van der Waals surface area contributed by atoms with Gasteiger partial charge in [0.25, 0.3) is 5.91 Å². The van der Waals surface area contributed by atoms with Gasteiger partial charge in [-0.1, -0.05) is 23.5 Å². The second-order valence-corrected chi connectivity index (χ2v) is 8.25. The molecule has 4 aromatic rings. The lowest BCUT2D eigenvalue weighted by Gasteiger charge is -2.20. The number of anilines is 1. The van der Waals surface area contributed by atoms with Gasteiger partial charge in [0.1, 0.15) is 0 Å². The number of ether oxygens (including phenoxy) is 2. The summed E-state index contributed by atoms with van der Waals surface area (Å²) in [6, 6.07) is 13.3. The summed E-state index contributed by atoms with van der Waals surface area (Å²) in [5.74, 6) is 1.08. The maximum Gasteiger partial charge on any atom is 0.260 e. The van der Waals surface area contributed by atoms with Crippen molar-refractivity contribution in [2.75, 3.05) is 11.7 Å². The van der Waals surface area contributed by atoms with Crippen molar-refractivity contribution in [3.05, 3.63) is 77.1 Å². The number of benzene rings is 2. The number of aryl methyl sites for hydroxylation is 2. The molecule has 5 rings (SSSR count). The van der Waals surface area contributed by atoms with Crippen molar-refractivity contribution < 1.29 is 14.3 Å². The van der Waals surface area contributed by atoms with Crippen LogP contribution < -0.4 is 14.4 Å². The first-order valence-electron chi connectivity index (χ1n) is 9.57. The van der Waals surface area contributed by atoms with Crippen LogP contribution in [0, 0.1) is 13.8 Å². The Balaban J connectivity index is 1.58. The number of hydrogen-bond acceptors (Lipinski definition) is 6. The standard InChI is InChI=1S/C23H19N3O3S/c1-14-8-15(2)21-20(9-14)30-23(25-21)26(12-16-4-3-7-24-11-16)22(27)17-5-6-18-19(10-17)29-13-28-18/h3-11H,12-13H2,1-2H3. The van der Waals surface area contributed by atoms with E-state index in [1.165, 1.54) is 16.9 Å². The van der Waals surface area contributed by atoms with Crippen LogP contribution in [-0.2, 0) is 6.54 Å². The molecular formula is C23H19N3O3S. The molecule has 2 aromatic carbocycles. The fraction of sp³-hybridized carbons (Fsp3) is 0.174. The molecule has 0 saturated carbocycles. The third-order valence-corrected chi connectivity index (χ3v) is 6.00. The summed E-state index contributed by atoms with van der Waals surface area (Å²) in [4.78, 5) is 24.3. The second-order valence-electron chi connectivity index (χ2n) is 7.25. The van der Waals surface area contributed by atoms with E-state index in [9.17, 15) is 4.79 Å². The number of pyridine rings is 1. The zero-order valence-corrected chi connectivity index (χ0v) is 17.4. The van der Waals surface area contributed by atoms with Crippen LogP contribution in [0.25, 0.3) is 10.2 Å². The number of aromatic nitrogens is 2. The predicted molar refractivity (Wildman–Crippen MR) is 116 cm³/mol. The molecule has 0 unspecified atom stereocenters. The van der Waals surface area contributed by atoms with Gasteiger partial charge in [0.15, 0.2) is 16.6 Å². The second kappa shape index (κ2) is 7.42. The maximum atomic E-state index is 13.6. The Hall–Kier alpha value is -3.45. The van der Waals surface area contributed by atoms with Gasteiger partial charge in [-0.25, -0.2) is 4.98 Å². The molecule has 0 radical (unpaired) electrons. The summed E-state index contributed by atoms with van der Waals surface area (Å²) in [6.45, 7) is 4.66. The van der Waals surface area contributed by atoms with E-state index in [1.54, 1.807) is 35.5 Å². The van der Waals surface area contributed by atoms with Crippen LogP contribution in [0.1, 0.15) is 27.0 Å². The Morgan fingerprint density at radius 1 is 1.13 bits per heavy atom. The van der Waals surface area contributed by atoms with E-state index in [1.807, 2.05) is 19.1 Å². The Morgan fingerprint density at radius 3 is 2.83 bits per heavy atom. The third-order valence-electron chi connectivity index (χ3n) is 4.98. The minimum atomic E-state index is -0.148. The van der Waals surface area contributed by atoms with E-state index in [-0.39, 0.29) is 12.7 Å². The van der Waals surface area contributed by atoms with E-state index in [0.29, 0.717) is 28.7 Å². The van der Waals surface area contributed by atoms with Gasteiger partial charge in [-0.3, -0.25) is 14.7 Å². The van der Waals surface area contributed by atoms with Gasteiger partial charge in [-0.15, -0.1) is 0 Å². The molecule has 0 fully saturated rings. The van der Waals surface area contributed by atoms with Crippen LogP contribution in [0.2, 0.25) is 0 Å². The van der Waals surface area contributed by atoms with Crippen LogP contribution in [0.15, 0.2) is 54.9 Å². The van der Waals surface area contributed by atoms with Gasteiger partial charge in [-0.2, -0.15) is 0 Å². The zero-order valence-electron chi connectivity index (χ0n) is 16.6. The first-order valence-corrected chi connectivity index (χ1v) is 10.4. The SMILES string of the molecule is Cc1cc(C)c2nc(N(Cc3cccnc3)C(=O)c3ccc4c(c3)OCO4)sc2c1. The molecule has 1 aliphatic heterocycles. The van der Waals surface area contributed by atoms with E-state index in [4.69, 9.17) is 14.5 Å². The van der Waals surface area contributed by atoms with Gasteiger partial charge in [0, 0.05) is 18.0 Å². The average Bonchev–Trinajstić information content (AvgIpc) is 3.38. The molecule has 6 nitrogen and oxygen atoms in total. The van der Waals surface area contributed by atoms with Gasteiger partial charge in [0.05, 0.1) is 16.8 Å². The highest BCUT2D eigenvalue weighted by Gasteiger charge is 2.24. The fourth-order valence-electron chi connectivity index (χ4n) is 3.56. The lowest BCUT2D eigenvalue weighted by Crippen LogP contribution is -2.30. The van der Waals surface area contributed by atoms with Crippen molar-refractivity contribution in [3.8, 4) is 11.5 Å². The summed E-state index contributed by atoms with van der Waals surface area (Å²) in [6.07, 6.45) is 3.49. The Labute approximate surface area is 177 Å². The van der Waals surface area contributed by atoms with Crippen molar-refractivity contribution in [2.24, 2.45) is 0 Å². The highest BCUT2D eigenvalue weighted by Crippen LogP contribution is 2.36. The molecule has 7 heteroatoms. The highest BCUT2D eigenvalue weighted by atomic mass is 32.1. The summed E-state index contributed by atoms with van der Waals surface area (Å²) in [5, 5.41) is 0.658. The first-order chi connectivity index (χ1) is 14.6. The number of thiazole rings is 1. The number of amides is 1. The van der Waals surface area contributed by atoms with Crippen molar-refractivity contribution >= 4 is 32.6 Å². The zero-order chi connectivity index (χ0) is 20.7. The quantitative estimate of drug-likeness (QED) is 0.473. The van der Waals surface area contributed by atoms with Gasteiger partial charge >= 0.3 is 0 Å². The summed E-state index contributed by atoms with van der Waals surface area (Å²) in [5.41, 5.74) is 4.66. The normalized spacial score (nSPS) is 12.3. The minimum absolute atomic E-state index is 0.148. The summed E-state index contributed by atoms with van der Waals surface area (Å²) in [7, 11) is 0. The number of carbonyl (C=O) groups is 1. The molecule has 0 atom stereocenters. The van der Waals surface area contributed by atoms with Crippen molar-refractivity contribution in [3.63, 3.8) is 0 Å². The number of rotatable bonds is 4. The maximum absolute atomic E-state index is 13.6. The summed E-state index contributed by atoms with van der Waals surface area (Å²) < 4.78 is 11.9. The Morgan fingerprint density at radius 2 is 2.00 bits per heavy atom. The molecule has 0 spiro atoms. The van der Waals surface area contributed by atoms with Crippen LogP contribution in [0.3, 0.4) is 0 Å². The first kappa shape index (κ1) is 18.6. The molecule has 1 aliphatic rings. The van der Waals surface area contributed by atoms with E-state index >= 15 is 0 Å². The van der Waals surface area contributed by atoms with E-state index < -0.39 is 0 Å². The smallest absolute Gasteiger partial charge is 0.260 e. The highest BCUT2D eigenvalue weighted by molar-refractivity contribution is 7.22. The van der Waals surface area contributed by atoms with Crippen LogP contribution in [-0.4, -0.2) is 22.7 Å². The van der Waals surface area contributed by atoms with Crippen molar-refractivity contribution in [1.82, 2.24) is 9.97 Å². The molecule has 0 aliphatic carbocycles. The molecule has 1 amide bonds. The number of fused-ring (bicyclic) bond motifs is 2. The molecule has 150 valence electrons. The topological polar surface area (TPSA) is 64.6 Å². The lowest BCUT2D eigenvalue weighted by molar-refractivity contribution is 0.0984. The van der Waals surface area contributed by atoms with Crippen LogP contribution >= 0.6 is 11.3 Å². The van der Waals surface area contributed by atoms with Crippen LogP contribution in [0.4, 0.5) is 5.13 Å². The van der Waals surface area contributed by atoms with Gasteiger partial charge < -0.3 is 9.47 Å². The number of nitrogens with zero attached hydrogens (tertiary/aromatic N) is 3. The van der Waals surface area contributed by atoms with E-state index in [2.05, 4.69) is 24.0 Å². The molecule has 2 aromatic heterocycles. The molecule has 0 saturated heterocycles. The Bertz CT molecular complexity index is 1250. The van der Waals surface area contributed by atoms with E-state index in [0.717, 1.165) is 21.3 Å². The average molecular weight is 417 g/mol. The number of hydrogen-bond donors (Lipinski definition) is 0. The Kier molecular flexibility index (Phi) is 4.59. The fourth-order valence-corrected chi connectivity index (χ4v) is 4.70. The predicted octanol–water partition coefficient (Wildman–Crippen LogP) is 4.88. The molecular weight excluding hydrogens is 398 g/mol. The largest absolute Gasteiger partial charge is 0.454 e.